The first kappa shape index (κ1) is 19.9. The normalized spacial score (nSPS) is 19.7. The van der Waals surface area contributed by atoms with Crippen LogP contribution in [0.1, 0.15) is 29.7 Å². The van der Waals surface area contributed by atoms with E-state index >= 15 is 0 Å². The van der Waals surface area contributed by atoms with E-state index in [4.69, 9.17) is 4.99 Å². The minimum absolute atomic E-state index is 0.0105. The van der Waals surface area contributed by atoms with E-state index in [-0.39, 0.29) is 5.91 Å². The zero-order chi connectivity index (χ0) is 21.1. The fourth-order valence-corrected chi connectivity index (χ4v) is 3.90. The zero-order valence-electron chi connectivity index (χ0n) is 17.3. The van der Waals surface area contributed by atoms with Crippen molar-refractivity contribution < 1.29 is 4.79 Å². The Morgan fingerprint density at radius 3 is 2.53 bits per heavy atom. The van der Waals surface area contributed by atoms with Crippen molar-refractivity contribution in [3.05, 3.63) is 82.6 Å². The summed E-state index contributed by atoms with van der Waals surface area (Å²) in [4.78, 5) is 22.6. The molecule has 2 aromatic rings. The molecule has 1 N–H and O–H groups in total. The summed E-state index contributed by atoms with van der Waals surface area (Å²) in [7, 11) is 2.07. The van der Waals surface area contributed by atoms with E-state index in [0.29, 0.717) is 24.2 Å². The van der Waals surface area contributed by atoms with Crippen LogP contribution >= 0.6 is 0 Å². The zero-order valence-corrected chi connectivity index (χ0v) is 17.3. The van der Waals surface area contributed by atoms with Gasteiger partial charge in [-0.3, -0.25) is 9.79 Å². The highest BCUT2D eigenvalue weighted by atomic mass is 16.2. The Bertz CT molecular complexity index is 1040. The number of nitrogens with one attached hydrogen (secondary N) is 1. The molecule has 30 heavy (non-hydrogen) atoms. The van der Waals surface area contributed by atoms with E-state index in [1.54, 1.807) is 6.07 Å². The Labute approximate surface area is 177 Å². The number of amidine groups is 1. The van der Waals surface area contributed by atoms with Crippen LogP contribution in [0.3, 0.4) is 0 Å². The number of aliphatic imine (C=N–C) groups is 1. The smallest absolute Gasteiger partial charge is 0.254 e. The Kier molecular flexibility index (Phi) is 5.64. The molecule has 0 bridgehead atoms. The van der Waals surface area contributed by atoms with Crippen molar-refractivity contribution in [1.29, 1.82) is 5.26 Å². The van der Waals surface area contributed by atoms with Crippen molar-refractivity contribution >= 4 is 11.7 Å². The topological polar surface area (TPSA) is 71.7 Å². The molecule has 1 fully saturated rings. The van der Waals surface area contributed by atoms with Crippen molar-refractivity contribution in [3.8, 4) is 6.07 Å². The van der Waals surface area contributed by atoms with E-state index in [1.165, 1.54) is 0 Å². The Morgan fingerprint density at radius 1 is 1.10 bits per heavy atom. The maximum absolute atomic E-state index is 13.5. The van der Waals surface area contributed by atoms with Gasteiger partial charge in [-0.15, -0.1) is 0 Å². The number of carbonyl (C=O) groups is 1. The van der Waals surface area contributed by atoms with Crippen LogP contribution < -0.4 is 5.32 Å². The van der Waals surface area contributed by atoms with E-state index in [2.05, 4.69) is 23.3 Å². The van der Waals surface area contributed by atoms with Gasteiger partial charge in [-0.2, -0.15) is 5.26 Å². The number of piperazine rings is 1. The second kappa shape index (κ2) is 8.52. The summed E-state index contributed by atoms with van der Waals surface area (Å²) in [6.45, 7) is 5.05. The molecule has 6 heteroatoms. The predicted octanol–water partition coefficient (Wildman–Crippen LogP) is 2.70. The molecule has 2 aromatic carbocycles. The third kappa shape index (κ3) is 3.98. The van der Waals surface area contributed by atoms with Gasteiger partial charge in [-0.05, 0) is 31.7 Å². The summed E-state index contributed by atoms with van der Waals surface area (Å²) < 4.78 is 0. The molecule has 6 nitrogen and oxygen atoms in total. The molecule has 1 amide bonds. The molecule has 1 saturated heterocycles. The number of nitriles is 1. The van der Waals surface area contributed by atoms with Crippen molar-refractivity contribution in [2.75, 3.05) is 33.2 Å². The number of allylic oxidation sites excluding steroid dienone is 1. The van der Waals surface area contributed by atoms with Gasteiger partial charge in [0.05, 0.1) is 17.2 Å². The molecule has 0 radical (unpaired) electrons. The van der Waals surface area contributed by atoms with Crippen molar-refractivity contribution in [1.82, 2.24) is 15.1 Å². The Balaban J connectivity index is 1.75. The number of amides is 1. The number of rotatable bonds is 3. The van der Waals surface area contributed by atoms with Gasteiger partial charge in [0.1, 0.15) is 11.9 Å². The van der Waals surface area contributed by atoms with Crippen molar-refractivity contribution in [3.63, 3.8) is 0 Å². The summed E-state index contributed by atoms with van der Waals surface area (Å²) in [6, 6.07) is 19.0. The Hall–Kier alpha value is -3.43. The highest BCUT2D eigenvalue weighted by molar-refractivity contribution is 6.04. The fourth-order valence-electron chi connectivity index (χ4n) is 3.90. The molecule has 0 spiro atoms. The van der Waals surface area contributed by atoms with Gasteiger partial charge in [-0.25, -0.2) is 0 Å². The third-order valence-electron chi connectivity index (χ3n) is 5.64. The first-order chi connectivity index (χ1) is 14.6. The summed E-state index contributed by atoms with van der Waals surface area (Å²) in [6.07, 6.45) is 0. The van der Waals surface area contributed by atoms with Crippen LogP contribution in [-0.4, -0.2) is 54.8 Å². The Morgan fingerprint density at radius 2 is 1.83 bits per heavy atom. The van der Waals surface area contributed by atoms with Crippen LogP contribution in [-0.2, 0) is 4.79 Å². The van der Waals surface area contributed by atoms with Crippen LogP contribution in [0.2, 0.25) is 0 Å². The van der Waals surface area contributed by atoms with E-state index in [1.807, 2.05) is 60.4 Å². The summed E-state index contributed by atoms with van der Waals surface area (Å²) in [5.74, 6) is 0.742. The van der Waals surface area contributed by atoms with Gasteiger partial charge in [-0.1, -0.05) is 42.5 Å². The largest absolute Gasteiger partial charge is 0.343 e. The summed E-state index contributed by atoms with van der Waals surface area (Å²) in [5.41, 5.74) is 3.83. The molecule has 1 unspecified atom stereocenters. The molecule has 1 atom stereocenters. The second-order valence-electron chi connectivity index (χ2n) is 7.74. The van der Waals surface area contributed by atoms with Gasteiger partial charge >= 0.3 is 0 Å². The summed E-state index contributed by atoms with van der Waals surface area (Å²) in [5, 5.41) is 12.7. The van der Waals surface area contributed by atoms with E-state index in [9.17, 15) is 10.1 Å². The highest BCUT2D eigenvalue weighted by Crippen LogP contribution is 2.33. The van der Waals surface area contributed by atoms with Crippen molar-refractivity contribution in [2.24, 2.45) is 4.99 Å². The van der Waals surface area contributed by atoms with E-state index < -0.39 is 6.04 Å². The number of nitrogens with zero attached hydrogens (tertiary/aromatic N) is 4. The number of carbonyl (C=O) groups excluding carboxylic acids is 1. The number of likely N-dealkylation sites (N-methyl/N-ethyl adjacent to an activating group) is 1. The molecule has 4 rings (SSSR count). The van der Waals surface area contributed by atoms with Gasteiger partial charge < -0.3 is 15.1 Å². The molecule has 2 heterocycles. The molecule has 2 aliphatic heterocycles. The number of hydrogen-bond acceptors (Lipinski definition) is 5. The standard InChI is InChI=1S/C24H25N5O/c1-17-21(24(30)29-13-11-28(2)12-14-29)22(20-10-6-7-18(15-20)16-25)27-23(26-17)19-8-4-3-5-9-19/h3-10,15,22H,11-14H2,1-2H3,(H,26,27). The monoisotopic (exact) mass is 399 g/mol. The van der Waals surface area contributed by atoms with E-state index in [0.717, 1.165) is 35.7 Å². The average molecular weight is 399 g/mol. The van der Waals surface area contributed by atoms with Crippen molar-refractivity contribution in [2.45, 2.75) is 13.0 Å². The lowest BCUT2D eigenvalue weighted by molar-refractivity contribution is -0.129. The number of hydrogen-bond donors (Lipinski definition) is 1. The third-order valence-corrected chi connectivity index (χ3v) is 5.64. The van der Waals surface area contributed by atoms with Gasteiger partial charge in [0, 0.05) is 37.4 Å². The lowest BCUT2D eigenvalue weighted by Gasteiger charge is -2.35. The first-order valence-electron chi connectivity index (χ1n) is 10.2. The molecular weight excluding hydrogens is 374 g/mol. The van der Waals surface area contributed by atoms with Gasteiger partial charge in [0.2, 0.25) is 0 Å². The number of benzene rings is 2. The maximum Gasteiger partial charge on any atom is 0.254 e. The molecule has 0 aliphatic carbocycles. The molecule has 2 aliphatic rings. The predicted molar refractivity (Wildman–Crippen MR) is 117 cm³/mol. The van der Waals surface area contributed by atoms with Crippen LogP contribution in [0.4, 0.5) is 0 Å². The molecule has 0 aromatic heterocycles. The SMILES string of the molecule is CC1=C(C(=O)N2CCN(C)CC2)C(c2cccc(C#N)c2)N=C(c2ccccc2)N1. The fraction of sp³-hybridized carbons (Fsp3) is 0.292. The van der Waals surface area contributed by atoms with Gasteiger partial charge in [0.15, 0.2) is 0 Å². The van der Waals surface area contributed by atoms with Gasteiger partial charge in [0.25, 0.3) is 5.91 Å². The quantitative estimate of drug-likeness (QED) is 0.861. The van der Waals surface area contributed by atoms with Crippen LogP contribution in [0.5, 0.6) is 0 Å². The molecular formula is C24H25N5O. The van der Waals surface area contributed by atoms with Crippen LogP contribution in [0, 0.1) is 11.3 Å². The average Bonchev–Trinajstić information content (AvgIpc) is 2.79. The minimum atomic E-state index is -0.457. The lowest BCUT2D eigenvalue weighted by atomic mass is 9.93. The maximum atomic E-state index is 13.5. The highest BCUT2D eigenvalue weighted by Gasteiger charge is 2.33. The van der Waals surface area contributed by atoms with Crippen LogP contribution in [0.15, 0.2) is 70.9 Å². The van der Waals surface area contributed by atoms with Crippen LogP contribution in [0.25, 0.3) is 0 Å². The minimum Gasteiger partial charge on any atom is -0.343 e. The second-order valence-corrected chi connectivity index (χ2v) is 7.74. The molecule has 0 saturated carbocycles. The first-order valence-corrected chi connectivity index (χ1v) is 10.2. The summed E-state index contributed by atoms with van der Waals surface area (Å²) >= 11 is 0. The lowest BCUT2D eigenvalue weighted by Crippen LogP contribution is -2.49. The molecule has 152 valence electrons.